The molecule has 5 nitrogen and oxygen atoms in total. The second-order valence-corrected chi connectivity index (χ2v) is 5.22. The first-order valence-electron chi connectivity index (χ1n) is 7.04. The monoisotopic (exact) mass is 733 g/mol. The average molecular weight is 733 g/mol. The van der Waals surface area contributed by atoms with E-state index in [0.29, 0.717) is 19.1 Å². The maximum atomic E-state index is 7.58. The number of hydrogen-bond acceptors (Lipinski definition) is 5. The minimum Gasteiger partial charge on any atom is -0.548 e. The van der Waals surface area contributed by atoms with Crippen molar-refractivity contribution in [2.24, 2.45) is 5.92 Å². The Morgan fingerprint density at radius 3 is 2.90 bits per heavy atom. The molecule has 7 heteroatoms. The molecule has 0 aromatic carbocycles. The normalized spacial score (nSPS) is 43.0. The van der Waals surface area contributed by atoms with Crippen molar-refractivity contribution in [1.29, 1.82) is 0 Å². The molecule has 0 unspecified atom stereocenters. The van der Waals surface area contributed by atoms with Crippen molar-refractivity contribution in [3.63, 3.8) is 0 Å². The van der Waals surface area contributed by atoms with Gasteiger partial charge < -0.3 is 23.7 Å². The summed E-state index contributed by atoms with van der Waals surface area (Å²) in [4.78, 5) is 0. The van der Waals surface area contributed by atoms with Gasteiger partial charge in [-0.05, 0) is 18.9 Å². The second-order valence-electron chi connectivity index (χ2n) is 5.22. The maximum absolute atomic E-state index is 7.58. The van der Waals surface area contributed by atoms with Crippen molar-refractivity contribution in [1.82, 2.24) is 0 Å². The van der Waals surface area contributed by atoms with Crippen LogP contribution in [0.25, 0.3) is 0 Å². The van der Waals surface area contributed by atoms with Crippen LogP contribution in [0.2, 0.25) is 0 Å². The zero-order valence-electron chi connectivity index (χ0n) is 12.5. The summed E-state index contributed by atoms with van der Waals surface area (Å²) in [6, 6.07) is 0. The summed E-state index contributed by atoms with van der Waals surface area (Å²) in [6.45, 7) is 6.84. The minimum absolute atomic E-state index is 0. The SMILES string of the molecule is [2H]C[C@@]12CO[C@@H]([CH-]O1)[C@@H]2OCOC[C@H]1O[CH-]C[C@@H]1C.[U].[U]. The molecule has 0 saturated carbocycles. The number of hydrogen-bond donors (Lipinski definition) is 0. The molecule has 3 rings (SSSR count). The van der Waals surface area contributed by atoms with E-state index in [-0.39, 0.29) is 94.2 Å². The van der Waals surface area contributed by atoms with Crippen molar-refractivity contribution in [2.75, 3.05) is 20.0 Å². The molecule has 3 aliphatic rings. The zero-order valence-corrected chi connectivity index (χ0v) is 19.9. The predicted molar refractivity (Wildman–Crippen MR) is 62.2 cm³/mol. The van der Waals surface area contributed by atoms with E-state index in [0.717, 1.165) is 6.42 Å². The van der Waals surface area contributed by atoms with Crippen LogP contribution in [0.15, 0.2) is 0 Å². The predicted octanol–water partition coefficient (Wildman–Crippen LogP) is 1.28. The third-order valence-corrected chi connectivity index (χ3v) is 3.76. The topological polar surface area (TPSA) is 46.2 Å². The molecule has 0 N–H and O–H groups in total. The Morgan fingerprint density at radius 1 is 1.45 bits per heavy atom. The van der Waals surface area contributed by atoms with Gasteiger partial charge in [0, 0.05) is 69.7 Å². The maximum Gasteiger partial charge on any atom is 0.147 e. The van der Waals surface area contributed by atoms with Crippen LogP contribution < -0.4 is 0 Å². The number of fused-ring (bicyclic) bond motifs is 2. The van der Waals surface area contributed by atoms with Gasteiger partial charge in [-0.1, -0.05) is 6.92 Å². The molecule has 0 aromatic heterocycles. The van der Waals surface area contributed by atoms with Gasteiger partial charge in [-0.2, -0.15) is 13.0 Å². The summed E-state index contributed by atoms with van der Waals surface area (Å²) in [5.74, 6) is 0.488. The molecule has 20 heavy (non-hydrogen) atoms. The van der Waals surface area contributed by atoms with E-state index in [2.05, 4.69) is 6.92 Å². The molecule has 5 atom stereocenters. The van der Waals surface area contributed by atoms with Crippen LogP contribution in [0.4, 0.5) is 0 Å². The van der Waals surface area contributed by atoms with Crippen LogP contribution in [0.3, 0.4) is 0 Å². The molecule has 2 bridgehead atoms. The minimum atomic E-state index is -0.640. The summed E-state index contributed by atoms with van der Waals surface area (Å²) in [5.41, 5.74) is -0.640. The standard InChI is InChI=1S/C13H20O5.2U/c1-9-3-4-15-10(9)5-14-8-17-12-11-6-18-13(12,2)7-16-11;;/h4,6,9-12H,3,5,7-8H2,1-2H3;;/q-2;;/t9-,10+,11-,12-,13-;;/m0../s1/i2D;;. The smallest absolute Gasteiger partial charge is 0.147 e. The molecule has 0 radical (unpaired) electrons. The van der Waals surface area contributed by atoms with Crippen molar-refractivity contribution >= 4 is 0 Å². The van der Waals surface area contributed by atoms with Gasteiger partial charge in [0.1, 0.15) is 6.79 Å². The Bertz CT molecular complexity index is 315. The number of rotatable bonds is 5. The van der Waals surface area contributed by atoms with Gasteiger partial charge in [0.25, 0.3) is 0 Å². The van der Waals surface area contributed by atoms with E-state index >= 15 is 0 Å². The second kappa shape index (κ2) is 8.67. The molecule has 0 aromatic rings. The Hall–Kier alpha value is 1.90. The molecule has 0 spiro atoms. The van der Waals surface area contributed by atoms with E-state index in [1.165, 1.54) is 0 Å². The first-order valence-corrected chi connectivity index (χ1v) is 6.34. The Morgan fingerprint density at radius 2 is 2.30 bits per heavy atom. The molecule has 3 heterocycles. The van der Waals surface area contributed by atoms with E-state index in [1.807, 2.05) is 6.61 Å². The fourth-order valence-electron chi connectivity index (χ4n) is 2.47. The first-order chi connectivity index (χ1) is 9.25. The van der Waals surface area contributed by atoms with E-state index < -0.39 is 5.60 Å². The van der Waals surface area contributed by atoms with Gasteiger partial charge in [-0.25, -0.2) is 6.61 Å². The van der Waals surface area contributed by atoms with E-state index in [4.69, 9.17) is 25.1 Å². The fraction of sp³-hybridized carbons (Fsp3) is 0.846. The van der Waals surface area contributed by atoms with E-state index in [9.17, 15) is 0 Å². The summed E-state index contributed by atoms with van der Waals surface area (Å²) in [5, 5.41) is 0. The number of ether oxygens (including phenoxy) is 5. The van der Waals surface area contributed by atoms with Crippen LogP contribution >= 0.6 is 0 Å². The molecule has 3 fully saturated rings. The Kier molecular flexibility index (Phi) is 7.91. The molecule has 0 aliphatic carbocycles. The van der Waals surface area contributed by atoms with Gasteiger partial charge >= 0.3 is 0 Å². The van der Waals surface area contributed by atoms with Gasteiger partial charge in [-0.15, -0.1) is 0 Å². The summed E-state index contributed by atoms with van der Waals surface area (Å²) >= 11 is 0. The van der Waals surface area contributed by atoms with Gasteiger partial charge in [0.2, 0.25) is 0 Å². The molecular weight excluding hydrogens is 712 g/mol. The Balaban J connectivity index is 0.00000110. The van der Waals surface area contributed by atoms with E-state index in [1.54, 1.807) is 6.61 Å². The fourth-order valence-corrected chi connectivity index (χ4v) is 2.47. The van der Waals surface area contributed by atoms with Crippen molar-refractivity contribution < 1.29 is 87.3 Å². The average Bonchev–Trinajstić information content (AvgIpc) is 3.09. The summed E-state index contributed by atoms with van der Waals surface area (Å²) in [6.07, 6.45) is 0.675. The molecule has 3 aliphatic heterocycles. The molecule has 3 saturated heterocycles. The van der Waals surface area contributed by atoms with Crippen LogP contribution in [-0.4, -0.2) is 43.9 Å². The third-order valence-electron chi connectivity index (χ3n) is 3.76. The van der Waals surface area contributed by atoms with Crippen molar-refractivity contribution in [3.05, 3.63) is 13.2 Å². The zero-order chi connectivity index (χ0) is 13.3. The van der Waals surface area contributed by atoms with Crippen molar-refractivity contribution in [3.8, 4) is 0 Å². The van der Waals surface area contributed by atoms with Gasteiger partial charge in [-0.3, -0.25) is 0 Å². The van der Waals surface area contributed by atoms with Crippen molar-refractivity contribution in [2.45, 2.75) is 44.2 Å². The van der Waals surface area contributed by atoms with Gasteiger partial charge in [0.15, 0.2) is 0 Å². The van der Waals surface area contributed by atoms with Crippen LogP contribution in [0.5, 0.6) is 0 Å². The van der Waals surface area contributed by atoms with Gasteiger partial charge in [0.05, 0.1) is 24.9 Å². The summed E-state index contributed by atoms with van der Waals surface area (Å²) < 4.78 is 35.2. The quantitative estimate of drug-likeness (QED) is 0.243. The van der Waals surface area contributed by atoms with Crippen LogP contribution in [0.1, 0.15) is 21.6 Å². The largest absolute Gasteiger partial charge is 0.548 e. The third kappa shape index (κ3) is 4.25. The molecule has 0 amide bonds. The van der Waals surface area contributed by atoms with Crippen LogP contribution in [0, 0.1) is 81.4 Å². The molecule has 112 valence electrons. The Labute approximate surface area is 169 Å². The van der Waals surface area contributed by atoms with Crippen LogP contribution in [-0.2, 0) is 23.7 Å². The molecular formula is C13H20O5U2-2. The summed E-state index contributed by atoms with van der Waals surface area (Å²) in [7, 11) is 0. The first kappa shape index (κ1) is 18.2.